The molecule has 1 aromatic heterocycles. The zero-order chi connectivity index (χ0) is 21.7. The number of benzene rings is 2. The second kappa shape index (κ2) is 9.82. The van der Waals surface area contributed by atoms with Crippen LogP contribution in [0.2, 0.25) is 0 Å². The first-order valence-corrected chi connectivity index (χ1v) is 10.7. The number of hydrogen-bond acceptors (Lipinski definition) is 5. The minimum absolute atomic E-state index is 0.200. The van der Waals surface area contributed by atoms with E-state index in [0.717, 1.165) is 26.9 Å². The quantitative estimate of drug-likeness (QED) is 0.425. The van der Waals surface area contributed by atoms with E-state index >= 15 is 0 Å². The molecule has 0 saturated carbocycles. The van der Waals surface area contributed by atoms with Crippen molar-refractivity contribution in [1.29, 1.82) is 0 Å². The summed E-state index contributed by atoms with van der Waals surface area (Å²) in [6.07, 6.45) is 0.251. The average Bonchev–Trinajstić information content (AvgIpc) is 3.06. The fraction of sp³-hybridized carbons (Fsp3) is 0.348. The lowest BCUT2D eigenvalue weighted by molar-refractivity contribution is -0.117. The molecular weight excluding hydrogens is 400 g/mol. The van der Waals surface area contributed by atoms with E-state index in [2.05, 4.69) is 4.99 Å². The Hall–Kier alpha value is -2.77. The van der Waals surface area contributed by atoms with Crippen LogP contribution in [0.1, 0.15) is 34.0 Å². The summed E-state index contributed by atoms with van der Waals surface area (Å²) in [6, 6.07) is 11.4. The van der Waals surface area contributed by atoms with Crippen LogP contribution in [0.3, 0.4) is 0 Å². The molecule has 3 rings (SSSR count). The Balaban J connectivity index is 2.00. The number of fused-ring (bicyclic) bond motifs is 1. The molecule has 0 radical (unpaired) electrons. The molecule has 2 aromatic carbocycles. The number of carbonyl (C=O) groups excluding carboxylic acids is 2. The highest BCUT2D eigenvalue weighted by Gasteiger charge is 2.13. The number of esters is 1. The third kappa shape index (κ3) is 5.04. The molecule has 0 unspecified atom stereocenters. The molecule has 0 aliphatic heterocycles. The van der Waals surface area contributed by atoms with Crippen molar-refractivity contribution in [3.05, 3.63) is 63.5 Å². The Labute approximate surface area is 179 Å². The van der Waals surface area contributed by atoms with Gasteiger partial charge in [0.25, 0.3) is 5.91 Å². The Bertz CT molecular complexity index is 1140. The third-order valence-corrected chi connectivity index (χ3v) is 5.88. The number of aryl methyl sites for hydroxylation is 2. The topological polar surface area (TPSA) is 69.9 Å². The second-order valence-electron chi connectivity index (χ2n) is 7.02. The van der Waals surface area contributed by atoms with E-state index in [1.807, 2.05) is 49.6 Å². The minimum Gasteiger partial charge on any atom is -0.465 e. The van der Waals surface area contributed by atoms with E-state index in [-0.39, 0.29) is 12.3 Å². The molecule has 0 bridgehead atoms. The van der Waals surface area contributed by atoms with Crippen LogP contribution in [0.25, 0.3) is 10.2 Å². The Kier molecular flexibility index (Phi) is 7.18. The van der Waals surface area contributed by atoms with Gasteiger partial charge in [0.1, 0.15) is 0 Å². The minimum atomic E-state index is -0.393. The summed E-state index contributed by atoms with van der Waals surface area (Å²) in [5, 5.41) is 0. The van der Waals surface area contributed by atoms with Crippen molar-refractivity contribution in [2.75, 3.05) is 20.3 Å². The van der Waals surface area contributed by atoms with E-state index in [4.69, 9.17) is 9.47 Å². The van der Waals surface area contributed by atoms with E-state index in [0.29, 0.717) is 30.1 Å². The monoisotopic (exact) mass is 426 g/mol. The van der Waals surface area contributed by atoms with E-state index in [1.165, 1.54) is 18.4 Å². The molecule has 1 heterocycles. The zero-order valence-electron chi connectivity index (χ0n) is 17.7. The maximum Gasteiger partial charge on any atom is 0.337 e. The second-order valence-corrected chi connectivity index (χ2v) is 8.03. The van der Waals surface area contributed by atoms with Crippen LogP contribution in [-0.4, -0.2) is 36.8 Å². The number of amides is 1. The van der Waals surface area contributed by atoms with Crippen molar-refractivity contribution in [2.24, 2.45) is 4.99 Å². The van der Waals surface area contributed by atoms with Crippen LogP contribution >= 0.6 is 11.3 Å². The van der Waals surface area contributed by atoms with E-state index < -0.39 is 5.97 Å². The van der Waals surface area contributed by atoms with Crippen molar-refractivity contribution in [1.82, 2.24) is 4.57 Å². The summed E-state index contributed by atoms with van der Waals surface area (Å²) in [5.74, 6) is -0.593. The molecule has 158 valence electrons. The van der Waals surface area contributed by atoms with Gasteiger partial charge in [-0.3, -0.25) is 4.79 Å². The van der Waals surface area contributed by atoms with Gasteiger partial charge in [0.05, 0.1) is 35.9 Å². The van der Waals surface area contributed by atoms with Crippen LogP contribution in [0.5, 0.6) is 0 Å². The Morgan fingerprint density at radius 1 is 1.13 bits per heavy atom. The van der Waals surface area contributed by atoms with Gasteiger partial charge in [0.2, 0.25) is 0 Å². The van der Waals surface area contributed by atoms with Gasteiger partial charge in [-0.15, -0.1) is 0 Å². The van der Waals surface area contributed by atoms with Crippen molar-refractivity contribution in [2.45, 2.75) is 33.7 Å². The Morgan fingerprint density at radius 2 is 1.93 bits per heavy atom. The fourth-order valence-corrected chi connectivity index (χ4v) is 4.33. The molecule has 0 N–H and O–H groups in total. The normalized spacial score (nSPS) is 11.8. The zero-order valence-corrected chi connectivity index (χ0v) is 18.5. The fourth-order valence-electron chi connectivity index (χ4n) is 3.22. The van der Waals surface area contributed by atoms with E-state index in [1.54, 1.807) is 12.1 Å². The summed E-state index contributed by atoms with van der Waals surface area (Å²) >= 11 is 1.38. The van der Waals surface area contributed by atoms with Gasteiger partial charge < -0.3 is 14.0 Å². The predicted molar refractivity (Wildman–Crippen MR) is 118 cm³/mol. The molecule has 6 nitrogen and oxygen atoms in total. The molecule has 0 spiro atoms. The van der Waals surface area contributed by atoms with Gasteiger partial charge in [-0.2, -0.15) is 4.99 Å². The number of thiazole rings is 1. The van der Waals surface area contributed by atoms with E-state index in [9.17, 15) is 9.59 Å². The maximum absolute atomic E-state index is 12.7. The highest BCUT2D eigenvalue weighted by molar-refractivity contribution is 7.16. The standard InChI is InChI=1S/C23H26N2O4S/c1-5-29-11-10-25-19-9-8-17(22(27)28-4)13-20(19)30-23(25)24-21(26)14-18-12-15(2)6-7-16(18)3/h6-9,12-13H,5,10-11,14H2,1-4H3. The smallest absolute Gasteiger partial charge is 0.337 e. The summed E-state index contributed by atoms with van der Waals surface area (Å²) in [6.45, 7) is 7.65. The van der Waals surface area contributed by atoms with Crippen molar-refractivity contribution in [3.8, 4) is 0 Å². The van der Waals surface area contributed by atoms with Crippen LogP contribution in [-0.2, 0) is 27.2 Å². The molecule has 0 aliphatic rings. The lowest BCUT2D eigenvalue weighted by atomic mass is 10.0. The number of ether oxygens (including phenoxy) is 2. The first kappa shape index (κ1) is 21.9. The van der Waals surface area contributed by atoms with Crippen molar-refractivity contribution >= 4 is 33.4 Å². The largest absolute Gasteiger partial charge is 0.465 e. The maximum atomic E-state index is 12.7. The van der Waals surface area contributed by atoms with Crippen LogP contribution in [0.15, 0.2) is 41.4 Å². The van der Waals surface area contributed by atoms with Crippen LogP contribution in [0, 0.1) is 13.8 Å². The molecule has 0 saturated heterocycles. The predicted octanol–water partition coefficient (Wildman–Crippen LogP) is 3.81. The third-order valence-electron chi connectivity index (χ3n) is 4.83. The number of nitrogens with zero attached hydrogens (tertiary/aromatic N) is 2. The highest BCUT2D eigenvalue weighted by Crippen LogP contribution is 2.20. The lowest BCUT2D eigenvalue weighted by Gasteiger charge is -2.06. The summed E-state index contributed by atoms with van der Waals surface area (Å²) < 4.78 is 13.2. The van der Waals surface area contributed by atoms with Gasteiger partial charge >= 0.3 is 5.97 Å². The molecule has 7 heteroatoms. The molecule has 3 aromatic rings. The van der Waals surface area contributed by atoms with Gasteiger partial charge in [0, 0.05) is 13.2 Å². The van der Waals surface area contributed by atoms with Gasteiger partial charge in [-0.05, 0) is 50.1 Å². The number of rotatable bonds is 7. The summed E-state index contributed by atoms with van der Waals surface area (Å²) in [4.78, 5) is 29.6. The molecular formula is C23H26N2O4S. The first-order chi connectivity index (χ1) is 14.4. The number of methoxy groups -OCH3 is 1. The highest BCUT2D eigenvalue weighted by atomic mass is 32.1. The molecule has 0 aliphatic carbocycles. The van der Waals surface area contributed by atoms with Crippen molar-refractivity contribution < 1.29 is 19.1 Å². The summed E-state index contributed by atoms with van der Waals surface area (Å²) in [5.41, 5.74) is 4.56. The van der Waals surface area contributed by atoms with Gasteiger partial charge in [-0.25, -0.2) is 4.79 Å². The van der Waals surface area contributed by atoms with Crippen molar-refractivity contribution in [3.63, 3.8) is 0 Å². The molecule has 0 fully saturated rings. The van der Waals surface area contributed by atoms with Gasteiger partial charge in [0.15, 0.2) is 4.80 Å². The van der Waals surface area contributed by atoms with Crippen LogP contribution < -0.4 is 4.80 Å². The number of carbonyl (C=O) groups is 2. The number of aromatic nitrogens is 1. The summed E-state index contributed by atoms with van der Waals surface area (Å²) in [7, 11) is 1.36. The number of hydrogen-bond donors (Lipinski definition) is 0. The molecule has 1 amide bonds. The molecule has 30 heavy (non-hydrogen) atoms. The Morgan fingerprint density at radius 3 is 2.67 bits per heavy atom. The SMILES string of the molecule is CCOCCn1c(=NC(=O)Cc2cc(C)ccc2C)sc2cc(C(=O)OC)ccc21. The lowest BCUT2D eigenvalue weighted by Crippen LogP contribution is -2.20. The first-order valence-electron chi connectivity index (χ1n) is 9.86. The molecule has 0 atom stereocenters. The van der Waals surface area contributed by atoms with Crippen LogP contribution in [0.4, 0.5) is 0 Å². The average molecular weight is 427 g/mol. The van der Waals surface area contributed by atoms with Gasteiger partial charge in [-0.1, -0.05) is 35.1 Å².